The second kappa shape index (κ2) is 7.03. The summed E-state index contributed by atoms with van der Waals surface area (Å²) in [5.74, 6) is 1.36. The highest BCUT2D eigenvalue weighted by Crippen LogP contribution is 2.28. The third-order valence-electron chi connectivity index (χ3n) is 4.54. The molecule has 0 spiro atoms. The van der Waals surface area contributed by atoms with Gasteiger partial charge in [-0.2, -0.15) is 0 Å². The van der Waals surface area contributed by atoms with Crippen molar-refractivity contribution >= 4 is 10.8 Å². The van der Waals surface area contributed by atoms with E-state index in [1.807, 2.05) is 0 Å². The van der Waals surface area contributed by atoms with Gasteiger partial charge in [0.2, 0.25) is 0 Å². The monoisotopic (exact) mass is 308 g/mol. The van der Waals surface area contributed by atoms with E-state index in [2.05, 4.69) is 61.3 Å². The van der Waals surface area contributed by atoms with Crippen LogP contribution in [0.25, 0.3) is 0 Å². The normalized spacial score (nSPS) is 28.7. The molecule has 1 saturated heterocycles. The Bertz CT molecular complexity index is 477. The van der Waals surface area contributed by atoms with E-state index in [-0.39, 0.29) is 5.54 Å². The number of hydrogen-bond donors (Lipinski definition) is 1. The van der Waals surface area contributed by atoms with E-state index in [1.54, 1.807) is 6.26 Å². The predicted molar refractivity (Wildman–Crippen MR) is 90.9 cm³/mol. The first-order valence-electron chi connectivity index (χ1n) is 7.77. The third-order valence-corrected chi connectivity index (χ3v) is 5.29. The van der Waals surface area contributed by atoms with Crippen LogP contribution in [0, 0.1) is 5.92 Å². The maximum Gasteiger partial charge on any atom is 0.0535 e. The number of benzene rings is 1. The molecule has 3 nitrogen and oxygen atoms in total. The van der Waals surface area contributed by atoms with Crippen LogP contribution < -0.4 is 5.32 Å². The quantitative estimate of drug-likeness (QED) is 0.905. The first kappa shape index (κ1) is 16.7. The van der Waals surface area contributed by atoms with Crippen molar-refractivity contribution in [3.8, 4) is 0 Å². The molecule has 3 atom stereocenters. The molecule has 2 rings (SSSR count). The Balaban J connectivity index is 2.16. The van der Waals surface area contributed by atoms with Crippen molar-refractivity contribution in [2.45, 2.75) is 32.4 Å². The highest BCUT2D eigenvalue weighted by Gasteiger charge is 2.37. The molecule has 4 heteroatoms. The van der Waals surface area contributed by atoms with E-state index < -0.39 is 10.8 Å². The van der Waals surface area contributed by atoms with Crippen LogP contribution in [-0.4, -0.2) is 46.8 Å². The Morgan fingerprint density at radius 2 is 2.05 bits per heavy atom. The summed E-state index contributed by atoms with van der Waals surface area (Å²) in [6, 6.07) is 11.2. The van der Waals surface area contributed by atoms with Gasteiger partial charge in [-0.3, -0.25) is 9.11 Å². The number of nitrogens with zero attached hydrogens (tertiary/aromatic N) is 1. The van der Waals surface area contributed by atoms with Crippen LogP contribution in [0.2, 0.25) is 0 Å². The SMILES string of the molecule is CC(C)C1CNC(C)(c2ccccc2)CN1CCS(C)=O. The molecule has 0 bridgehead atoms. The van der Waals surface area contributed by atoms with Crippen LogP contribution in [0.15, 0.2) is 30.3 Å². The van der Waals surface area contributed by atoms with Crippen LogP contribution in [-0.2, 0) is 16.3 Å². The Morgan fingerprint density at radius 1 is 1.38 bits per heavy atom. The van der Waals surface area contributed by atoms with E-state index in [0.29, 0.717) is 12.0 Å². The average Bonchev–Trinajstić information content (AvgIpc) is 2.46. The van der Waals surface area contributed by atoms with Gasteiger partial charge in [-0.05, 0) is 18.4 Å². The third kappa shape index (κ3) is 4.15. The molecule has 0 aromatic heterocycles. The van der Waals surface area contributed by atoms with Crippen LogP contribution in [0.3, 0.4) is 0 Å². The van der Waals surface area contributed by atoms with Crippen LogP contribution in [0.1, 0.15) is 26.3 Å². The lowest BCUT2D eigenvalue weighted by Gasteiger charge is -2.48. The molecule has 0 radical (unpaired) electrons. The summed E-state index contributed by atoms with van der Waals surface area (Å²) in [5.41, 5.74) is 1.30. The molecule has 1 fully saturated rings. The largest absolute Gasteiger partial charge is 0.305 e. The van der Waals surface area contributed by atoms with Crippen LogP contribution in [0.5, 0.6) is 0 Å². The van der Waals surface area contributed by atoms with Gasteiger partial charge in [0, 0.05) is 48.5 Å². The van der Waals surface area contributed by atoms with Crippen molar-refractivity contribution in [2.75, 3.05) is 31.6 Å². The lowest BCUT2D eigenvalue weighted by Crippen LogP contribution is -2.62. The van der Waals surface area contributed by atoms with Crippen molar-refractivity contribution < 1.29 is 4.21 Å². The van der Waals surface area contributed by atoms with E-state index >= 15 is 0 Å². The second-order valence-electron chi connectivity index (χ2n) is 6.64. The topological polar surface area (TPSA) is 32.3 Å². The van der Waals surface area contributed by atoms with Crippen LogP contribution in [0.4, 0.5) is 0 Å². The van der Waals surface area contributed by atoms with Crippen molar-refractivity contribution in [3.05, 3.63) is 35.9 Å². The Labute approximate surface area is 131 Å². The fourth-order valence-electron chi connectivity index (χ4n) is 3.19. The number of rotatable bonds is 5. The first-order valence-corrected chi connectivity index (χ1v) is 9.50. The first-order chi connectivity index (χ1) is 9.92. The summed E-state index contributed by atoms with van der Waals surface area (Å²) in [4.78, 5) is 2.52. The summed E-state index contributed by atoms with van der Waals surface area (Å²) in [7, 11) is -0.727. The smallest absolute Gasteiger partial charge is 0.0535 e. The molecule has 1 aromatic rings. The van der Waals surface area contributed by atoms with Gasteiger partial charge in [-0.25, -0.2) is 0 Å². The Hall–Kier alpha value is -0.710. The molecule has 1 aliphatic heterocycles. The number of nitrogens with one attached hydrogen (secondary N) is 1. The Kier molecular flexibility index (Phi) is 5.58. The van der Waals surface area contributed by atoms with E-state index in [9.17, 15) is 4.21 Å². The average molecular weight is 308 g/mol. The molecule has 1 aliphatic rings. The molecule has 3 unspecified atom stereocenters. The second-order valence-corrected chi connectivity index (χ2v) is 8.19. The molecule has 0 amide bonds. The zero-order valence-electron chi connectivity index (χ0n) is 13.6. The fraction of sp³-hybridized carbons (Fsp3) is 0.647. The highest BCUT2D eigenvalue weighted by molar-refractivity contribution is 7.84. The minimum absolute atomic E-state index is 0.0259. The van der Waals surface area contributed by atoms with Crippen molar-refractivity contribution in [3.63, 3.8) is 0 Å². The maximum absolute atomic E-state index is 11.5. The Morgan fingerprint density at radius 3 is 2.62 bits per heavy atom. The van der Waals surface area contributed by atoms with Crippen molar-refractivity contribution in [1.29, 1.82) is 0 Å². The lowest BCUT2D eigenvalue weighted by molar-refractivity contribution is 0.0666. The fourth-order valence-corrected chi connectivity index (χ4v) is 3.68. The molecule has 118 valence electrons. The lowest BCUT2D eigenvalue weighted by atomic mass is 9.86. The summed E-state index contributed by atoms with van der Waals surface area (Å²) < 4.78 is 11.5. The van der Waals surface area contributed by atoms with Crippen molar-refractivity contribution in [2.24, 2.45) is 5.92 Å². The van der Waals surface area contributed by atoms with Gasteiger partial charge in [0.25, 0.3) is 0 Å². The van der Waals surface area contributed by atoms with Gasteiger partial charge in [0.15, 0.2) is 0 Å². The molecule has 0 saturated carbocycles. The van der Waals surface area contributed by atoms with Gasteiger partial charge in [-0.1, -0.05) is 44.2 Å². The molecule has 1 aromatic carbocycles. The predicted octanol–water partition coefficient (Wildman–Crippen LogP) is 2.21. The number of piperazine rings is 1. The molecule has 1 N–H and O–H groups in total. The molecule has 1 heterocycles. The highest BCUT2D eigenvalue weighted by atomic mass is 32.2. The van der Waals surface area contributed by atoms with Crippen LogP contribution >= 0.6 is 0 Å². The molecule has 21 heavy (non-hydrogen) atoms. The summed E-state index contributed by atoms with van der Waals surface area (Å²) in [5, 5.41) is 3.74. The zero-order chi connectivity index (χ0) is 15.5. The zero-order valence-corrected chi connectivity index (χ0v) is 14.5. The minimum Gasteiger partial charge on any atom is -0.305 e. The summed E-state index contributed by atoms with van der Waals surface area (Å²) >= 11 is 0. The van der Waals surface area contributed by atoms with Gasteiger partial charge in [-0.15, -0.1) is 0 Å². The standard InChI is InChI=1S/C17H28N2OS/c1-14(2)16-12-18-17(3,15-8-6-5-7-9-15)13-19(16)10-11-21(4)20/h5-9,14,16,18H,10-13H2,1-4H3. The minimum atomic E-state index is -0.727. The van der Waals surface area contributed by atoms with Crippen molar-refractivity contribution in [1.82, 2.24) is 10.2 Å². The maximum atomic E-state index is 11.5. The molecular weight excluding hydrogens is 280 g/mol. The molecular formula is C17H28N2OS. The summed E-state index contributed by atoms with van der Waals surface area (Å²) in [6.07, 6.45) is 1.79. The molecule has 0 aliphatic carbocycles. The van der Waals surface area contributed by atoms with Gasteiger partial charge in [0.1, 0.15) is 0 Å². The van der Waals surface area contributed by atoms with Gasteiger partial charge < -0.3 is 5.32 Å². The van der Waals surface area contributed by atoms with Gasteiger partial charge in [0.05, 0.1) is 5.54 Å². The van der Waals surface area contributed by atoms with E-state index in [0.717, 1.165) is 25.4 Å². The number of hydrogen-bond acceptors (Lipinski definition) is 3. The van der Waals surface area contributed by atoms with E-state index in [1.165, 1.54) is 5.56 Å². The summed E-state index contributed by atoms with van der Waals surface area (Å²) in [6.45, 7) is 9.68. The van der Waals surface area contributed by atoms with E-state index in [4.69, 9.17) is 0 Å². The van der Waals surface area contributed by atoms with Gasteiger partial charge >= 0.3 is 0 Å².